The molecule has 0 saturated carbocycles. The van der Waals surface area contributed by atoms with Gasteiger partial charge in [0, 0.05) is 20.4 Å². The summed E-state index contributed by atoms with van der Waals surface area (Å²) in [4.78, 5) is 3.05. The average molecular weight is 504 g/mol. The highest BCUT2D eigenvalue weighted by Gasteiger charge is 2.27. The fourth-order valence-corrected chi connectivity index (χ4v) is 3.99. The van der Waals surface area contributed by atoms with Crippen LogP contribution in [0.5, 0.6) is 0 Å². The van der Waals surface area contributed by atoms with E-state index in [1.54, 1.807) is 18.2 Å². The molecule has 142 valence electrons. The lowest BCUT2D eigenvalue weighted by molar-refractivity contribution is 0.487. The number of hydrogen-bond donors (Lipinski definition) is 3. The Hall–Kier alpha value is -2.05. The van der Waals surface area contributed by atoms with Crippen LogP contribution >= 0.6 is 22.6 Å². The lowest BCUT2D eigenvalue weighted by Crippen LogP contribution is -2.18. The molecular weight excluding hydrogens is 489 g/mol. The first kappa shape index (κ1) is 19.7. The highest BCUT2D eigenvalue weighted by molar-refractivity contribution is 14.1. The van der Waals surface area contributed by atoms with E-state index in [4.69, 9.17) is 10.9 Å². The fraction of sp³-hybridized carbons (Fsp3) is 0.118. The number of nitrogens with zero attached hydrogens (tertiary/aromatic N) is 1. The van der Waals surface area contributed by atoms with Crippen LogP contribution in [0, 0.1) is 22.1 Å². The van der Waals surface area contributed by atoms with Crippen LogP contribution in [0.25, 0.3) is 5.57 Å². The van der Waals surface area contributed by atoms with Gasteiger partial charge in [-0.1, -0.05) is 6.08 Å². The molecule has 3 rings (SSSR count). The van der Waals surface area contributed by atoms with Crippen LogP contribution in [-0.4, -0.2) is 20.8 Å². The average Bonchev–Trinajstić information content (AvgIpc) is 2.99. The van der Waals surface area contributed by atoms with Crippen LogP contribution in [0.3, 0.4) is 0 Å². The Kier molecular flexibility index (Phi) is 5.23. The van der Waals surface area contributed by atoms with Crippen molar-refractivity contribution in [3.8, 4) is 0 Å². The van der Waals surface area contributed by atoms with Gasteiger partial charge in [-0.25, -0.2) is 22.3 Å². The van der Waals surface area contributed by atoms with E-state index in [1.165, 1.54) is 0 Å². The van der Waals surface area contributed by atoms with Gasteiger partial charge in [0.15, 0.2) is 11.6 Å². The zero-order chi connectivity index (χ0) is 19.9. The molecule has 5 N–H and O–H groups in total. The SMILES string of the molecule is Cc1cc(I)ccc1Nc1c(C2=CCN=C2N)cc(S(N)(=O)=O)c(F)c1F. The van der Waals surface area contributed by atoms with Crippen molar-refractivity contribution in [2.45, 2.75) is 11.8 Å². The molecule has 0 aliphatic carbocycles. The minimum absolute atomic E-state index is 0.0645. The van der Waals surface area contributed by atoms with E-state index < -0.39 is 26.6 Å². The van der Waals surface area contributed by atoms with E-state index in [9.17, 15) is 17.2 Å². The summed E-state index contributed by atoms with van der Waals surface area (Å²) < 4.78 is 53.6. The molecule has 0 atom stereocenters. The number of nitrogens with two attached hydrogens (primary N) is 2. The quantitative estimate of drug-likeness (QED) is 0.556. The number of aliphatic imine (C=N–C) groups is 1. The molecule has 0 amide bonds. The number of hydrogen-bond acceptors (Lipinski definition) is 5. The molecule has 0 bridgehead atoms. The van der Waals surface area contributed by atoms with Gasteiger partial charge in [0.25, 0.3) is 0 Å². The maximum absolute atomic E-state index is 14.9. The highest BCUT2D eigenvalue weighted by Crippen LogP contribution is 2.36. The van der Waals surface area contributed by atoms with Crippen molar-refractivity contribution in [2.24, 2.45) is 15.9 Å². The van der Waals surface area contributed by atoms with Crippen LogP contribution in [0.15, 0.2) is 40.2 Å². The molecule has 10 heteroatoms. The fourth-order valence-electron chi connectivity index (χ4n) is 2.72. The smallest absolute Gasteiger partial charge is 0.241 e. The van der Waals surface area contributed by atoms with Gasteiger partial charge in [-0.15, -0.1) is 0 Å². The van der Waals surface area contributed by atoms with Crippen LogP contribution < -0.4 is 16.2 Å². The summed E-state index contributed by atoms with van der Waals surface area (Å²) in [6, 6.07) is 6.34. The second-order valence-corrected chi connectivity index (χ2v) is 8.67. The summed E-state index contributed by atoms with van der Waals surface area (Å²) in [6.45, 7) is 2.06. The van der Waals surface area contributed by atoms with Gasteiger partial charge in [-0.05, 0) is 59.3 Å². The molecule has 1 heterocycles. The van der Waals surface area contributed by atoms with E-state index in [-0.39, 0.29) is 23.6 Å². The highest BCUT2D eigenvalue weighted by atomic mass is 127. The molecule has 1 aliphatic heterocycles. The van der Waals surface area contributed by atoms with Gasteiger partial charge in [0.05, 0.1) is 12.2 Å². The normalized spacial score (nSPS) is 14.1. The number of amidine groups is 1. The van der Waals surface area contributed by atoms with Crippen molar-refractivity contribution < 1.29 is 17.2 Å². The van der Waals surface area contributed by atoms with Crippen molar-refractivity contribution in [1.82, 2.24) is 0 Å². The van der Waals surface area contributed by atoms with Crippen molar-refractivity contribution in [3.63, 3.8) is 0 Å². The van der Waals surface area contributed by atoms with Gasteiger partial charge < -0.3 is 11.1 Å². The second kappa shape index (κ2) is 7.17. The lowest BCUT2D eigenvalue weighted by atomic mass is 10.0. The zero-order valence-electron chi connectivity index (χ0n) is 14.1. The number of benzene rings is 2. The van der Waals surface area contributed by atoms with Crippen LogP contribution in [0.2, 0.25) is 0 Å². The van der Waals surface area contributed by atoms with E-state index in [0.717, 1.165) is 15.2 Å². The Morgan fingerprint density at radius 1 is 1.22 bits per heavy atom. The topological polar surface area (TPSA) is 111 Å². The summed E-state index contributed by atoms with van der Waals surface area (Å²) in [5.41, 5.74) is 7.29. The second-order valence-electron chi connectivity index (χ2n) is 5.90. The standard InChI is InChI=1S/C17H15F2IN4O2S/c1-8-6-9(20)2-3-12(8)24-16-11(10-4-5-23-17(10)21)7-13(27(22,25)26)14(18)15(16)19/h2-4,6-7,24H,5H2,1H3,(H2,21,23)(H2,22,25,26). The van der Waals surface area contributed by atoms with Crippen molar-refractivity contribution >= 4 is 55.4 Å². The van der Waals surface area contributed by atoms with E-state index in [0.29, 0.717) is 11.3 Å². The molecule has 2 aromatic rings. The van der Waals surface area contributed by atoms with Crippen molar-refractivity contribution in [3.05, 3.63) is 56.7 Å². The Morgan fingerprint density at radius 2 is 1.93 bits per heavy atom. The Bertz CT molecular complexity index is 1110. The summed E-state index contributed by atoms with van der Waals surface area (Å²) in [6.07, 6.45) is 1.60. The third-order valence-corrected chi connectivity index (χ3v) is 5.63. The predicted octanol–water partition coefficient (Wildman–Crippen LogP) is 3.02. The Balaban J connectivity index is 2.26. The number of anilines is 2. The molecule has 2 aromatic carbocycles. The largest absolute Gasteiger partial charge is 0.383 e. The van der Waals surface area contributed by atoms with Gasteiger partial charge in [-0.3, -0.25) is 4.99 Å². The van der Waals surface area contributed by atoms with Gasteiger partial charge in [0.2, 0.25) is 10.0 Å². The summed E-state index contributed by atoms with van der Waals surface area (Å²) in [5.74, 6) is -2.82. The molecule has 0 radical (unpaired) electrons. The first-order valence-corrected chi connectivity index (χ1v) is 10.3. The summed E-state index contributed by atoms with van der Waals surface area (Å²) >= 11 is 2.13. The van der Waals surface area contributed by atoms with Crippen LogP contribution in [0.4, 0.5) is 20.2 Å². The third kappa shape index (κ3) is 3.82. The molecule has 0 fully saturated rings. The number of rotatable bonds is 4. The maximum Gasteiger partial charge on any atom is 0.241 e. The number of nitrogens with one attached hydrogen (secondary N) is 1. The summed E-state index contributed by atoms with van der Waals surface area (Å²) in [5, 5.41) is 7.88. The molecule has 1 aliphatic rings. The number of sulfonamides is 1. The van der Waals surface area contributed by atoms with Gasteiger partial charge >= 0.3 is 0 Å². The minimum atomic E-state index is -4.48. The lowest BCUT2D eigenvalue weighted by Gasteiger charge is -2.18. The van der Waals surface area contributed by atoms with E-state index in [2.05, 4.69) is 32.9 Å². The molecule has 0 saturated heterocycles. The van der Waals surface area contributed by atoms with Crippen LogP contribution in [-0.2, 0) is 10.0 Å². The van der Waals surface area contributed by atoms with Crippen molar-refractivity contribution in [1.29, 1.82) is 0 Å². The first-order valence-electron chi connectivity index (χ1n) is 7.68. The van der Waals surface area contributed by atoms with E-state index >= 15 is 0 Å². The minimum Gasteiger partial charge on any atom is -0.383 e. The molecule has 0 unspecified atom stereocenters. The maximum atomic E-state index is 14.9. The Labute approximate surface area is 168 Å². The molecule has 0 spiro atoms. The predicted molar refractivity (Wildman–Crippen MR) is 109 cm³/mol. The number of halogens is 3. The third-order valence-electron chi connectivity index (χ3n) is 4.05. The van der Waals surface area contributed by atoms with Crippen molar-refractivity contribution in [2.75, 3.05) is 11.9 Å². The van der Waals surface area contributed by atoms with Gasteiger partial charge in [0.1, 0.15) is 10.7 Å². The zero-order valence-corrected chi connectivity index (χ0v) is 17.0. The first-order chi connectivity index (χ1) is 12.6. The van der Waals surface area contributed by atoms with Gasteiger partial charge in [-0.2, -0.15) is 0 Å². The number of primary sulfonamides is 1. The molecular formula is C17H15F2IN4O2S. The molecule has 27 heavy (non-hydrogen) atoms. The molecule has 0 aromatic heterocycles. The molecule has 6 nitrogen and oxygen atoms in total. The monoisotopic (exact) mass is 504 g/mol. The summed E-state index contributed by atoms with van der Waals surface area (Å²) in [7, 11) is -4.48. The van der Waals surface area contributed by atoms with Crippen LogP contribution in [0.1, 0.15) is 11.1 Å². The number of aryl methyl sites for hydroxylation is 1. The van der Waals surface area contributed by atoms with E-state index in [1.807, 2.05) is 13.0 Å². The Morgan fingerprint density at radius 3 is 2.48 bits per heavy atom.